The number of nitro groups is 1. The molecule has 1 N–H and O–H groups in total. The first-order valence-corrected chi connectivity index (χ1v) is 6.57. The van der Waals surface area contributed by atoms with Crippen LogP contribution in [0.3, 0.4) is 0 Å². The number of nitro benzene ring substituents is 1. The summed E-state index contributed by atoms with van der Waals surface area (Å²) in [5, 5.41) is 15.2. The van der Waals surface area contributed by atoms with Gasteiger partial charge in [0.1, 0.15) is 0 Å². The van der Waals surface area contributed by atoms with Crippen LogP contribution in [0.15, 0.2) is 41.5 Å². The van der Waals surface area contributed by atoms with Crippen LogP contribution in [0.5, 0.6) is 11.5 Å². The smallest absolute Gasteiger partial charge is 0.282 e. The number of benzene rings is 2. The van der Waals surface area contributed by atoms with Crippen molar-refractivity contribution in [2.75, 3.05) is 12.2 Å². The summed E-state index contributed by atoms with van der Waals surface area (Å²) >= 11 is 0. The maximum Gasteiger partial charge on any atom is 0.282 e. The minimum Gasteiger partial charge on any atom is -0.454 e. The fourth-order valence-electron chi connectivity index (χ4n) is 2.01. The number of nitrogens with one attached hydrogen (secondary N) is 1. The summed E-state index contributed by atoms with van der Waals surface area (Å²) in [5.74, 6) is 0.845. The molecule has 0 unspecified atom stereocenters. The molecule has 2 aromatic rings. The molecule has 1 heterocycles. The Morgan fingerprint density at radius 3 is 2.59 bits per heavy atom. The van der Waals surface area contributed by atoms with Crippen molar-refractivity contribution in [1.82, 2.24) is 0 Å². The molecule has 7 heteroatoms. The Balaban J connectivity index is 1.83. The second kappa shape index (κ2) is 5.72. The van der Waals surface area contributed by atoms with Gasteiger partial charge in [-0.25, -0.2) is 0 Å². The van der Waals surface area contributed by atoms with Gasteiger partial charge < -0.3 is 9.47 Å². The molecule has 0 saturated carbocycles. The van der Waals surface area contributed by atoms with Gasteiger partial charge in [0.2, 0.25) is 6.79 Å². The maximum absolute atomic E-state index is 11.1. The molecule has 2 aromatic carbocycles. The third-order valence-corrected chi connectivity index (χ3v) is 3.17. The number of ether oxygens (including phenoxy) is 2. The maximum atomic E-state index is 11.1. The number of anilines is 1. The standard InChI is InChI=1S/C15H13N3O4/c1-10-2-4-12(5-3-10)17-16-8-11-6-14-15(22-9-21-14)7-13(11)18(19)20/h2-8,17H,9H2,1H3/b16-8-. The van der Waals surface area contributed by atoms with E-state index in [4.69, 9.17) is 9.47 Å². The normalized spacial score (nSPS) is 12.6. The van der Waals surface area contributed by atoms with Crippen molar-refractivity contribution in [1.29, 1.82) is 0 Å². The van der Waals surface area contributed by atoms with E-state index >= 15 is 0 Å². The molecule has 112 valence electrons. The lowest BCUT2D eigenvalue weighted by Gasteiger charge is -2.02. The van der Waals surface area contributed by atoms with Crippen LogP contribution >= 0.6 is 0 Å². The zero-order chi connectivity index (χ0) is 15.5. The van der Waals surface area contributed by atoms with E-state index in [0.717, 1.165) is 11.3 Å². The van der Waals surface area contributed by atoms with E-state index < -0.39 is 4.92 Å². The van der Waals surface area contributed by atoms with E-state index in [1.165, 1.54) is 12.3 Å². The van der Waals surface area contributed by atoms with Crippen LogP contribution in [0.1, 0.15) is 11.1 Å². The first-order valence-electron chi connectivity index (χ1n) is 6.57. The molecular weight excluding hydrogens is 286 g/mol. The van der Waals surface area contributed by atoms with E-state index in [0.29, 0.717) is 17.1 Å². The fraction of sp³-hybridized carbons (Fsp3) is 0.133. The van der Waals surface area contributed by atoms with Gasteiger partial charge in [-0.3, -0.25) is 15.5 Å². The highest BCUT2D eigenvalue weighted by molar-refractivity contribution is 5.87. The average Bonchev–Trinajstić information content (AvgIpc) is 2.95. The molecule has 0 aromatic heterocycles. The summed E-state index contributed by atoms with van der Waals surface area (Å²) in [5.41, 5.74) is 5.02. The van der Waals surface area contributed by atoms with Gasteiger partial charge in [-0.15, -0.1) is 0 Å². The van der Waals surface area contributed by atoms with E-state index in [2.05, 4.69) is 10.5 Å². The second-order valence-electron chi connectivity index (χ2n) is 4.76. The molecule has 22 heavy (non-hydrogen) atoms. The van der Waals surface area contributed by atoms with Crippen molar-refractivity contribution in [2.45, 2.75) is 6.92 Å². The molecule has 0 spiro atoms. The van der Waals surface area contributed by atoms with Gasteiger partial charge in [0.25, 0.3) is 5.69 Å². The topological polar surface area (TPSA) is 86.0 Å². The molecule has 3 rings (SSSR count). The van der Waals surface area contributed by atoms with E-state index in [1.54, 1.807) is 6.07 Å². The highest BCUT2D eigenvalue weighted by Gasteiger charge is 2.22. The Hall–Kier alpha value is -3.09. The predicted molar refractivity (Wildman–Crippen MR) is 81.6 cm³/mol. The van der Waals surface area contributed by atoms with Crippen molar-refractivity contribution in [3.63, 3.8) is 0 Å². The van der Waals surface area contributed by atoms with Gasteiger partial charge in [0.15, 0.2) is 11.5 Å². The van der Waals surface area contributed by atoms with Gasteiger partial charge >= 0.3 is 0 Å². The number of aryl methyl sites for hydroxylation is 1. The highest BCUT2D eigenvalue weighted by Crippen LogP contribution is 2.37. The Labute approximate surface area is 126 Å². The van der Waals surface area contributed by atoms with Crippen LogP contribution in [-0.2, 0) is 0 Å². The summed E-state index contributed by atoms with van der Waals surface area (Å²) in [7, 11) is 0. The van der Waals surface area contributed by atoms with Crippen LogP contribution in [-0.4, -0.2) is 17.9 Å². The van der Waals surface area contributed by atoms with E-state index in [1.807, 2.05) is 31.2 Å². The van der Waals surface area contributed by atoms with Gasteiger partial charge in [0.05, 0.1) is 28.5 Å². The minimum atomic E-state index is -0.477. The largest absolute Gasteiger partial charge is 0.454 e. The summed E-state index contributed by atoms with van der Waals surface area (Å²) in [6, 6.07) is 10.5. The van der Waals surface area contributed by atoms with Crippen molar-refractivity contribution in [3.8, 4) is 11.5 Å². The fourth-order valence-corrected chi connectivity index (χ4v) is 2.01. The molecule has 0 fully saturated rings. The number of rotatable bonds is 4. The minimum absolute atomic E-state index is 0.0642. The molecular formula is C15H13N3O4. The summed E-state index contributed by atoms with van der Waals surface area (Å²) < 4.78 is 10.4. The van der Waals surface area contributed by atoms with Gasteiger partial charge in [-0.1, -0.05) is 17.7 Å². The van der Waals surface area contributed by atoms with E-state index in [9.17, 15) is 10.1 Å². The van der Waals surface area contributed by atoms with Crippen molar-refractivity contribution >= 4 is 17.6 Å². The van der Waals surface area contributed by atoms with Crippen molar-refractivity contribution in [3.05, 3.63) is 57.6 Å². The molecule has 1 aliphatic heterocycles. The Morgan fingerprint density at radius 2 is 1.91 bits per heavy atom. The summed E-state index contributed by atoms with van der Waals surface area (Å²) in [6.45, 7) is 2.05. The lowest BCUT2D eigenvalue weighted by atomic mass is 10.1. The third-order valence-electron chi connectivity index (χ3n) is 3.17. The number of hydrogen-bond acceptors (Lipinski definition) is 6. The highest BCUT2D eigenvalue weighted by atomic mass is 16.7. The quantitative estimate of drug-likeness (QED) is 0.532. The summed E-state index contributed by atoms with van der Waals surface area (Å²) in [6.07, 6.45) is 1.39. The number of hydrazone groups is 1. The van der Waals surface area contributed by atoms with Crippen LogP contribution in [0, 0.1) is 17.0 Å². The van der Waals surface area contributed by atoms with Crippen molar-refractivity contribution < 1.29 is 14.4 Å². The first kappa shape index (κ1) is 13.9. The SMILES string of the molecule is Cc1ccc(N/N=C\c2cc3c(cc2[N+](=O)[O-])OCO3)cc1. The van der Waals surface area contributed by atoms with Crippen LogP contribution in [0.25, 0.3) is 0 Å². The molecule has 1 aliphatic rings. The first-order chi connectivity index (χ1) is 10.6. The Kier molecular flexibility index (Phi) is 3.61. The Morgan fingerprint density at radius 1 is 1.23 bits per heavy atom. The van der Waals surface area contributed by atoms with Crippen LogP contribution in [0.4, 0.5) is 11.4 Å². The molecule has 0 atom stereocenters. The van der Waals surface area contributed by atoms with Crippen LogP contribution < -0.4 is 14.9 Å². The number of hydrogen-bond donors (Lipinski definition) is 1. The lowest BCUT2D eigenvalue weighted by Crippen LogP contribution is -1.97. The zero-order valence-electron chi connectivity index (χ0n) is 11.8. The lowest BCUT2D eigenvalue weighted by molar-refractivity contribution is -0.385. The summed E-state index contributed by atoms with van der Waals surface area (Å²) in [4.78, 5) is 10.6. The molecule has 0 aliphatic carbocycles. The monoisotopic (exact) mass is 299 g/mol. The number of nitrogens with zero attached hydrogens (tertiary/aromatic N) is 2. The van der Waals surface area contributed by atoms with E-state index in [-0.39, 0.29) is 12.5 Å². The average molecular weight is 299 g/mol. The molecule has 0 amide bonds. The van der Waals surface area contributed by atoms with Crippen LogP contribution in [0.2, 0.25) is 0 Å². The van der Waals surface area contributed by atoms with Crippen molar-refractivity contribution in [2.24, 2.45) is 5.10 Å². The second-order valence-corrected chi connectivity index (χ2v) is 4.76. The Bertz CT molecular complexity index is 741. The van der Waals surface area contributed by atoms with Gasteiger partial charge in [0, 0.05) is 0 Å². The molecule has 0 saturated heterocycles. The van der Waals surface area contributed by atoms with Gasteiger partial charge in [-0.05, 0) is 25.1 Å². The predicted octanol–water partition coefficient (Wildman–Crippen LogP) is 3.08. The molecule has 0 bridgehead atoms. The van der Waals surface area contributed by atoms with Gasteiger partial charge in [-0.2, -0.15) is 5.10 Å². The molecule has 0 radical (unpaired) electrons. The molecule has 7 nitrogen and oxygen atoms in total. The third kappa shape index (κ3) is 2.83. The number of fused-ring (bicyclic) bond motifs is 1. The zero-order valence-corrected chi connectivity index (χ0v) is 11.8.